The monoisotopic (exact) mass is 294 g/mol. The van der Waals surface area contributed by atoms with E-state index in [4.69, 9.17) is 0 Å². The molecule has 0 saturated carbocycles. The average Bonchev–Trinajstić information content (AvgIpc) is 2.48. The van der Waals surface area contributed by atoms with Gasteiger partial charge in [0.1, 0.15) is 0 Å². The summed E-state index contributed by atoms with van der Waals surface area (Å²) in [6.45, 7) is 0.978. The minimum Gasteiger partial charge on any atom is -0.352 e. The summed E-state index contributed by atoms with van der Waals surface area (Å²) in [6.07, 6.45) is 6.47. The first-order chi connectivity index (χ1) is 9.33. The highest BCUT2D eigenvalue weighted by molar-refractivity contribution is 5.85. The van der Waals surface area contributed by atoms with Gasteiger partial charge in [0.25, 0.3) is 0 Å². The second-order valence-electron chi connectivity index (χ2n) is 5.72. The largest absolute Gasteiger partial charge is 0.352 e. The minimum atomic E-state index is 0. The zero-order valence-corrected chi connectivity index (χ0v) is 12.5. The molecule has 0 aromatic heterocycles. The average molecular weight is 295 g/mol. The molecule has 20 heavy (non-hydrogen) atoms. The molecule has 1 saturated heterocycles. The number of carbonyl (C=O) groups is 1. The van der Waals surface area contributed by atoms with Gasteiger partial charge in [-0.1, -0.05) is 30.7 Å². The predicted molar refractivity (Wildman–Crippen MR) is 83.3 cm³/mol. The zero-order chi connectivity index (χ0) is 13.1. The molecule has 1 aromatic rings. The summed E-state index contributed by atoms with van der Waals surface area (Å²) in [6, 6.07) is 8.93. The van der Waals surface area contributed by atoms with Crippen molar-refractivity contribution in [3.8, 4) is 0 Å². The van der Waals surface area contributed by atoms with Crippen LogP contribution in [0.2, 0.25) is 0 Å². The Kier molecular flexibility index (Phi) is 5.44. The van der Waals surface area contributed by atoms with Crippen molar-refractivity contribution in [1.29, 1.82) is 0 Å². The third-order valence-electron chi connectivity index (χ3n) is 4.32. The van der Waals surface area contributed by atoms with E-state index in [1.165, 1.54) is 24.0 Å². The molecule has 0 spiro atoms. The summed E-state index contributed by atoms with van der Waals surface area (Å²) in [5.74, 6) is 0.198. The van der Waals surface area contributed by atoms with Crippen molar-refractivity contribution in [3.63, 3.8) is 0 Å². The van der Waals surface area contributed by atoms with Gasteiger partial charge in [0, 0.05) is 6.04 Å². The molecule has 2 atom stereocenters. The number of halogens is 1. The van der Waals surface area contributed by atoms with Crippen LogP contribution in [0.1, 0.15) is 36.8 Å². The van der Waals surface area contributed by atoms with E-state index in [1.807, 2.05) is 0 Å². The molecule has 110 valence electrons. The van der Waals surface area contributed by atoms with Crippen LogP contribution in [0, 0.1) is 0 Å². The Balaban J connectivity index is 0.00000147. The maximum Gasteiger partial charge on any atom is 0.237 e. The zero-order valence-electron chi connectivity index (χ0n) is 11.7. The van der Waals surface area contributed by atoms with Crippen LogP contribution in [-0.4, -0.2) is 24.5 Å². The SMILES string of the molecule is Cl.O=C(NC1CCc2ccccc2C1)[C@@H]1CCCCN1. The Morgan fingerprint density at radius 2 is 1.95 bits per heavy atom. The fourth-order valence-corrected chi connectivity index (χ4v) is 3.20. The van der Waals surface area contributed by atoms with Crippen LogP contribution in [0.3, 0.4) is 0 Å². The van der Waals surface area contributed by atoms with Crippen LogP contribution >= 0.6 is 12.4 Å². The first kappa shape index (κ1) is 15.3. The molecule has 3 rings (SSSR count). The summed E-state index contributed by atoms with van der Waals surface area (Å²) in [5.41, 5.74) is 2.85. The molecule has 1 unspecified atom stereocenters. The lowest BCUT2D eigenvalue weighted by atomic mass is 9.88. The van der Waals surface area contributed by atoms with Gasteiger partial charge in [-0.3, -0.25) is 4.79 Å². The Morgan fingerprint density at radius 1 is 1.15 bits per heavy atom. The van der Waals surface area contributed by atoms with Gasteiger partial charge in [-0.05, 0) is 49.8 Å². The van der Waals surface area contributed by atoms with E-state index in [1.54, 1.807) is 0 Å². The van der Waals surface area contributed by atoms with E-state index >= 15 is 0 Å². The van der Waals surface area contributed by atoms with Crippen LogP contribution in [0.25, 0.3) is 0 Å². The number of piperidine rings is 1. The van der Waals surface area contributed by atoms with Crippen LogP contribution in [-0.2, 0) is 17.6 Å². The van der Waals surface area contributed by atoms with Crippen molar-refractivity contribution >= 4 is 18.3 Å². The third-order valence-corrected chi connectivity index (χ3v) is 4.32. The topological polar surface area (TPSA) is 41.1 Å². The van der Waals surface area contributed by atoms with E-state index in [2.05, 4.69) is 34.9 Å². The molecule has 1 aliphatic carbocycles. The van der Waals surface area contributed by atoms with Crippen LogP contribution in [0.15, 0.2) is 24.3 Å². The molecule has 0 bridgehead atoms. The van der Waals surface area contributed by atoms with E-state index in [-0.39, 0.29) is 24.4 Å². The van der Waals surface area contributed by atoms with Crippen molar-refractivity contribution in [3.05, 3.63) is 35.4 Å². The number of amides is 1. The predicted octanol–water partition coefficient (Wildman–Crippen LogP) is 2.22. The van der Waals surface area contributed by atoms with E-state index in [9.17, 15) is 4.79 Å². The first-order valence-electron chi connectivity index (χ1n) is 7.43. The maximum atomic E-state index is 12.2. The van der Waals surface area contributed by atoms with Crippen molar-refractivity contribution in [1.82, 2.24) is 10.6 Å². The molecule has 1 amide bonds. The molecule has 2 aliphatic rings. The Hall–Kier alpha value is -1.06. The van der Waals surface area contributed by atoms with Crippen molar-refractivity contribution in [2.45, 2.75) is 50.6 Å². The number of carbonyl (C=O) groups excluding carboxylic acids is 1. The van der Waals surface area contributed by atoms with E-state index < -0.39 is 0 Å². The lowest BCUT2D eigenvalue weighted by Crippen LogP contribution is -2.50. The number of aryl methyl sites for hydroxylation is 1. The molecule has 1 heterocycles. The highest BCUT2D eigenvalue weighted by atomic mass is 35.5. The highest BCUT2D eigenvalue weighted by Gasteiger charge is 2.25. The number of rotatable bonds is 2. The lowest BCUT2D eigenvalue weighted by Gasteiger charge is -2.29. The Bertz CT molecular complexity index is 458. The van der Waals surface area contributed by atoms with Gasteiger partial charge < -0.3 is 10.6 Å². The standard InChI is InChI=1S/C16H22N2O.ClH/c19-16(15-7-3-4-10-17-15)18-14-9-8-12-5-1-2-6-13(12)11-14;/h1-2,5-6,14-15,17H,3-4,7-11H2,(H,18,19);1H/t14?,15-;/m0./s1. The minimum absolute atomic E-state index is 0. The lowest BCUT2D eigenvalue weighted by molar-refractivity contribution is -0.124. The molecule has 0 radical (unpaired) electrons. The summed E-state index contributed by atoms with van der Waals surface area (Å²) in [5, 5.41) is 6.54. The molecular formula is C16H23ClN2O. The fraction of sp³-hybridized carbons (Fsp3) is 0.562. The second kappa shape index (κ2) is 7.09. The van der Waals surface area contributed by atoms with Gasteiger partial charge in [0.05, 0.1) is 6.04 Å². The van der Waals surface area contributed by atoms with Crippen LogP contribution in [0.4, 0.5) is 0 Å². The Morgan fingerprint density at radius 3 is 2.70 bits per heavy atom. The summed E-state index contributed by atoms with van der Waals surface area (Å²) >= 11 is 0. The smallest absolute Gasteiger partial charge is 0.237 e. The maximum absolute atomic E-state index is 12.2. The first-order valence-corrected chi connectivity index (χ1v) is 7.43. The van der Waals surface area contributed by atoms with Gasteiger partial charge in [-0.25, -0.2) is 0 Å². The molecular weight excluding hydrogens is 272 g/mol. The summed E-state index contributed by atoms with van der Waals surface area (Å²) < 4.78 is 0. The molecule has 3 nitrogen and oxygen atoms in total. The molecule has 4 heteroatoms. The Labute approximate surface area is 126 Å². The van der Waals surface area contributed by atoms with Crippen molar-refractivity contribution in [2.75, 3.05) is 6.54 Å². The van der Waals surface area contributed by atoms with Crippen LogP contribution in [0.5, 0.6) is 0 Å². The van der Waals surface area contributed by atoms with E-state index in [0.717, 1.165) is 32.2 Å². The van der Waals surface area contributed by atoms with Gasteiger partial charge in [-0.2, -0.15) is 0 Å². The van der Waals surface area contributed by atoms with E-state index in [0.29, 0.717) is 6.04 Å². The third kappa shape index (κ3) is 3.53. The number of hydrogen-bond donors (Lipinski definition) is 2. The number of fused-ring (bicyclic) bond motifs is 1. The van der Waals surface area contributed by atoms with Crippen molar-refractivity contribution in [2.24, 2.45) is 0 Å². The van der Waals surface area contributed by atoms with Crippen molar-refractivity contribution < 1.29 is 4.79 Å². The molecule has 1 aliphatic heterocycles. The second-order valence-corrected chi connectivity index (χ2v) is 5.72. The number of hydrogen-bond acceptors (Lipinski definition) is 2. The molecule has 1 fully saturated rings. The molecule has 1 aromatic carbocycles. The fourth-order valence-electron chi connectivity index (χ4n) is 3.20. The molecule has 2 N–H and O–H groups in total. The quantitative estimate of drug-likeness (QED) is 0.878. The number of nitrogens with one attached hydrogen (secondary N) is 2. The van der Waals surface area contributed by atoms with Crippen LogP contribution < -0.4 is 10.6 Å². The van der Waals surface area contributed by atoms with Gasteiger partial charge in [0.15, 0.2) is 0 Å². The van der Waals surface area contributed by atoms with Gasteiger partial charge in [-0.15, -0.1) is 12.4 Å². The normalized spacial score (nSPS) is 25.2. The highest BCUT2D eigenvalue weighted by Crippen LogP contribution is 2.21. The summed E-state index contributed by atoms with van der Waals surface area (Å²) in [4.78, 5) is 12.2. The van der Waals surface area contributed by atoms with Gasteiger partial charge >= 0.3 is 0 Å². The number of benzene rings is 1. The van der Waals surface area contributed by atoms with Gasteiger partial charge in [0.2, 0.25) is 5.91 Å². The summed E-state index contributed by atoms with van der Waals surface area (Å²) in [7, 11) is 0.